The van der Waals surface area contributed by atoms with E-state index in [0.29, 0.717) is 12.4 Å². The molecule has 0 fully saturated rings. The van der Waals surface area contributed by atoms with Crippen molar-refractivity contribution in [2.45, 2.75) is 26.0 Å². The van der Waals surface area contributed by atoms with E-state index >= 15 is 0 Å². The van der Waals surface area contributed by atoms with Gasteiger partial charge in [0.15, 0.2) is 0 Å². The van der Waals surface area contributed by atoms with Gasteiger partial charge in [0.2, 0.25) is 12.3 Å². The van der Waals surface area contributed by atoms with Gasteiger partial charge in [0, 0.05) is 35.3 Å². The van der Waals surface area contributed by atoms with Crippen LogP contribution < -0.4 is 14.8 Å². The fourth-order valence-corrected chi connectivity index (χ4v) is 3.09. The SMILES string of the molecule is COc1cc(CNc2cccc(-c3nnco3)c2)c2c(c1)CC(C)O2. The Morgan fingerprint density at radius 2 is 2.20 bits per heavy atom. The number of nitrogens with zero attached hydrogens (tertiary/aromatic N) is 2. The fraction of sp³-hybridized carbons (Fsp3) is 0.263. The Labute approximate surface area is 145 Å². The Balaban J connectivity index is 1.56. The van der Waals surface area contributed by atoms with Crippen molar-refractivity contribution in [3.05, 3.63) is 53.9 Å². The molecule has 1 aromatic heterocycles. The minimum absolute atomic E-state index is 0.196. The molecule has 1 unspecified atom stereocenters. The van der Waals surface area contributed by atoms with Gasteiger partial charge in [-0.2, -0.15) is 0 Å². The van der Waals surface area contributed by atoms with Crippen molar-refractivity contribution < 1.29 is 13.9 Å². The van der Waals surface area contributed by atoms with Crippen molar-refractivity contribution >= 4 is 5.69 Å². The van der Waals surface area contributed by atoms with Crippen molar-refractivity contribution in [1.82, 2.24) is 10.2 Å². The zero-order valence-corrected chi connectivity index (χ0v) is 14.2. The van der Waals surface area contributed by atoms with Gasteiger partial charge in [-0.25, -0.2) is 0 Å². The van der Waals surface area contributed by atoms with Crippen LogP contribution in [0.15, 0.2) is 47.2 Å². The number of rotatable bonds is 5. The highest BCUT2D eigenvalue weighted by atomic mass is 16.5. The van der Waals surface area contributed by atoms with Crippen molar-refractivity contribution in [1.29, 1.82) is 0 Å². The summed E-state index contributed by atoms with van der Waals surface area (Å²) in [5.41, 5.74) is 4.13. The lowest BCUT2D eigenvalue weighted by Crippen LogP contribution is -2.07. The first kappa shape index (κ1) is 15.5. The van der Waals surface area contributed by atoms with Gasteiger partial charge in [-0.15, -0.1) is 10.2 Å². The van der Waals surface area contributed by atoms with Crippen LogP contribution in [0.2, 0.25) is 0 Å². The zero-order chi connectivity index (χ0) is 17.2. The summed E-state index contributed by atoms with van der Waals surface area (Å²) in [6, 6.07) is 12.0. The largest absolute Gasteiger partial charge is 0.497 e. The number of fused-ring (bicyclic) bond motifs is 1. The normalized spacial score (nSPS) is 15.5. The molecule has 0 aliphatic carbocycles. The van der Waals surface area contributed by atoms with Gasteiger partial charge in [-0.05, 0) is 37.3 Å². The summed E-state index contributed by atoms with van der Waals surface area (Å²) >= 11 is 0. The molecule has 128 valence electrons. The number of nitrogens with one attached hydrogen (secondary N) is 1. The molecule has 0 spiro atoms. The number of methoxy groups -OCH3 is 1. The van der Waals surface area contributed by atoms with Crippen LogP contribution in [0.3, 0.4) is 0 Å². The maximum Gasteiger partial charge on any atom is 0.247 e. The van der Waals surface area contributed by atoms with Crippen LogP contribution in [0.5, 0.6) is 11.5 Å². The molecule has 0 amide bonds. The van der Waals surface area contributed by atoms with E-state index in [1.807, 2.05) is 30.3 Å². The van der Waals surface area contributed by atoms with Gasteiger partial charge < -0.3 is 19.2 Å². The number of aromatic nitrogens is 2. The molecule has 1 aliphatic rings. The van der Waals surface area contributed by atoms with Crippen LogP contribution in [0, 0.1) is 0 Å². The van der Waals surface area contributed by atoms with Crippen molar-refractivity contribution in [3.63, 3.8) is 0 Å². The molecule has 0 saturated carbocycles. The molecule has 2 heterocycles. The maximum absolute atomic E-state index is 5.98. The highest BCUT2D eigenvalue weighted by molar-refractivity contribution is 5.61. The summed E-state index contributed by atoms with van der Waals surface area (Å²) in [5.74, 6) is 2.32. The zero-order valence-electron chi connectivity index (χ0n) is 14.2. The summed E-state index contributed by atoms with van der Waals surface area (Å²) in [7, 11) is 1.69. The van der Waals surface area contributed by atoms with Crippen LogP contribution in [-0.4, -0.2) is 23.4 Å². The molecule has 0 bridgehead atoms. The summed E-state index contributed by atoms with van der Waals surface area (Å²) in [4.78, 5) is 0. The maximum atomic E-state index is 5.98. The first-order chi connectivity index (χ1) is 12.2. The van der Waals surface area contributed by atoms with E-state index in [0.717, 1.165) is 34.7 Å². The minimum Gasteiger partial charge on any atom is -0.497 e. The Bertz CT molecular complexity index is 878. The van der Waals surface area contributed by atoms with Gasteiger partial charge in [0.25, 0.3) is 0 Å². The molecule has 4 rings (SSSR count). The predicted octanol–water partition coefficient (Wildman–Crippen LogP) is 3.68. The first-order valence-electron chi connectivity index (χ1n) is 8.20. The van der Waals surface area contributed by atoms with E-state index in [1.165, 1.54) is 12.0 Å². The number of benzene rings is 2. The van der Waals surface area contributed by atoms with E-state index in [4.69, 9.17) is 13.9 Å². The van der Waals surface area contributed by atoms with Crippen molar-refractivity contribution in [2.75, 3.05) is 12.4 Å². The summed E-state index contributed by atoms with van der Waals surface area (Å²) in [6.07, 6.45) is 2.43. The molecular formula is C19H19N3O3. The van der Waals surface area contributed by atoms with E-state index in [1.54, 1.807) is 7.11 Å². The predicted molar refractivity (Wildman–Crippen MR) is 93.8 cm³/mol. The second kappa shape index (κ2) is 6.47. The summed E-state index contributed by atoms with van der Waals surface area (Å²) in [6.45, 7) is 2.72. The molecule has 1 N–H and O–H groups in total. The number of hydrogen-bond acceptors (Lipinski definition) is 6. The van der Waals surface area contributed by atoms with E-state index in [2.05, 4.69) is 28.5 Å². The minimum atomic E-state index is 0.196. The van der Waals surface area contributed by atoms with Gasteiger partial charge in [-0.3, -0.25) is 0 Å². The Hall–Kier alpha value is -3.02. The lowest BCUT2D eigenvalue weighted by Gasteiger charge is -2.13. The van der Waals surface area contributed by atoms with Crippen LogP contribution >= 0.6 is 0 Å². The quantitative estimate of drug-likeness (QED) is 0.766. The lowest BCUT2D eigenvalue weighted by molar-refractivity contribution is 0.252. The summed E-state index contributed by atoms with van der Waals surface area (Å²) in [5, 5.41) is 11.1. The second-order valence-electron chi connectivity index (χ2n) is 6.09. The molecule has 6 heteroatoms. The summed E-state index contributed by atoms with van der Waals surface area (Å²) < 4.78 is 16.7. The third kappa shape index (κ3) is 3.15. The Morgan fingerprint density at radius 1 is 1.28 bits per heavy atom. The van der Waals surface area contributed by atoms with Crippen molar-refractivity contribution in [2.24, 2.45) is 0 Å². The number of anilines is 1. The molecule has 6 nitrogen and oxygen atoms in total. The molecular weight excluding hydrogens is 318 g/mol. The average molecular weight is 337 g/mol. The molecule has 25 heavy (non-hydrogen) atoms. The van der Waals surface area contributed by atoms with Crippen LogP contribution in [0.4, 0.5) is 5.69 Å². The Morgan fingerprint density at radius 3 is 3.00 bits per heavy atom. The van der Waals surface area contributed by atoms with Crippen LogP contribution in [0.25, 0.3) is 11.5 Å². The smallest absolute Gasteiger partial charge is 0.247 e. The highest BCUT2D eigenvalue weighted by Gasteiger charge is 2.23. The molecule has 1 aliphatic heterocycles. The van der Waals surface area contributed by atoms with Gasteiger partial charge in [0.1, 0.15) is 17.6 Å². The third-order valence-corrected chi connectivity index (χ3v) is 4.23. The molecule has 3 aromatic rings. The first-order valence-corrected chi connectivity index (χ1v) is 8.20. The van der Waals surface area contributed by atoms with E-state index in [9.17, 15) is 0 Å². The number of ether oxygens (including phenoxy) is 2. The third-order valence-electron chi connectivity index (χ3n) is 4.23. The van der Waals surface area contributed by atoms with Gasteiger partial charge in [0.05, 0.1) is 7.11 Å². The molecule has 1 atom stereocenters. The second-order valence-corrected chi connectivity index (χ2v) is 6.09. The van der Waals surface area contributed by atoms with Gasteiger partial charge >= 0.3 is 0 Å². The Kier molecular flexibility index (Phi) is 4.01. The van der Waals surface area contributed by atoms with E-state index in [-0.39, 0.29) is 6.10 Å². The van der Waals surface area contributed by atoms with Crippen LogP contribution in [-0.2, 0) is 13.0 Å². The van der Waals surface area contributed by atoms with Gasteiger partial charge in [-0.1, -0.05) is 6.07 Å². The number of hydrogen-bond donors (Lipinski definition) is 1. The monoisotopic (exact) mass is 337 g/mol. The topological polar surface area (TPSA) is 69.4 Å². The molecule has 0 radical (unpaired) electrons. The van der Waals surface area contributed by atoms with Crippen LogP contribution in [0.1, 0.15) is 18.1 Å². The lowest BCUT2D eigenvalue weighted by atomic mass is 10.1. The highest BCUT2D eigenvalue weighted by Crippen LogP contribution is 2.36. The van der Waals surface area contributed by atoms with Crippen molar-refractivity contribution in [3.8, 4) is 23.0 Å². The molecule has 2 aromatic carbocycles. The van der Waals surface area contributed by atoms with E-state index < -0.39 is 0 Å². The average Bonchev–Trinajstić information content (AvgIpc) is 3.28. The molecule has 0 saturated heterocycles. The fourth-order valence-electron chi connectivity index (χ4n) is 3.09. The standard InChI is InChI=1S/C19H19N3O3/c1-12-6-14-8-17(23-2)9-15(18(14)25-12)10-20-16-5-3-4-13(7-16)19-22-21-11-24-19/h3-5,7-9,11-12,20H,6,10H2,1-2H3.